The highest BCUT2D eigenvalue weighted by Gasteiger charge is 2.27. The fourth-order valence-corrected chi connectivity index (χ4v) is 1.42. The van der Waals surface area contributed by atoms with Crippen LogP contribution in [0.4, 0.5) is 4.39 Å². The summed E-state index contributed by atoms with van der Waals surface area (Å²) >= 11 is 0. The summed E-state index contributed by atoms with van der Waals surface area (Å²) in [6, 6.07) is 3.12. The zero-order chi connectivity index (χ0) is 14.6. The molecule has 0 radical (unpaired) electrons. The molecule has 0 heterocycles. The molecular weight excluding hydrogens is 259 g/mol. The number of aliphatic hydroxyl groups is 2. The molecule has 1 rings (SSSR count). The van der Waals surface area contributed by atoms with Crippen molar-refractivity contribution in [1.82, 2.24) is 0 Å². The van der Waals surface area contributed by atoms with E-state index >= 15 is 0 Å². The van der Waals surface area contributed by atoms with Gasteiger partial charge in [0.1, 0.15) is 11.9 Å². The van der Waals surface area contributed by atoms with Gasteiger partial charge < -0.3 is 19.7 Å². The van der Waals surface area contributed by atoms with Gasteiger partial charge in [-0.15, -0.1) is 0 Å². The van der Waals surface area contributed by atoms with E-state index in [1.54, 1.807) is 0 Å². The van der Waals surface area contributed by atoms with Crippen LogP contribution in [0, 0.1) is 5.82 Å². The molecule has 0 aliphatic heterocycles. The van der Waals surface area contributed by atoms with Crippen molar-refractivity contribution in [3.63, 3.8) is 0 Å². The second-order valence-electron chi connectivity index (χ2n) is 3.64. The topological polar surface area (TPSA) is 93.1 Å². The number of ether oxygens (including phenoxy) is 2. The van der Waals surface area contributed by atoms with Gasteiger partial charge in [-0.25, -0.2) is 14.0 Å². The quantitative estimate of drug-likeness (QED) is 0.759. The second-order valence-corrected chi connectivity index (χ2v) is 3.64. The Morgan fingerprint density at radius 3 is 2.32 bits per heavy atom. The molecule has 2 N–H and O–H groups in total. The Bertz CT molecular complexity index is 487. The van der Waals surface area contributed by atoms with Crippen LogP contribution in [-0.2, 0) is 14.3 Å². The zero-order valence-electron chi connectivity index (χ0n) is 10.3. The monoisotopic (exact) mass is 272 g/mol. The van der Waals surface area contributed by atoms with Gasteiger partial charge in [-0.3, -0.25) is 0 Å². The molecule has 0 bridgehead atoms. The van der Waals surface area contributed by atoms with Crippen molar-refractivity contribution in [2.45, 2.75) is 12.2 Å². The number of hydrogen-bond donors (Lipinski definition) is 2. The van der Waals surface area contributed by atoms with Gasteiger partial charge in [0.2, 0.25) is 0 Å². The van der Waals surface area contributed by atoms with E-state index in [1.807, 2.05) is 0 Å². The van der Waals surface area contributed by atoms with E-state index in [2.05, 4.69) is 9.47 Å². The van der Waals surface area contributed by atoms with Crippen molar-refractivity contribution in [3.8, 4) is 0 Å². The first-order valence-corrected chi connectivity index (χ1v) is 5.24. The van der Waals surface area contributed by atoms with Crippen LogP contribution in [0.3, 0.4) is 0 Å². The Kier molecular flexibility index (Phi) is 4.96. The molecule has 19 heavy (non-hydrogen) atoms. The van der Waals surface area contributed by atoms with Crippen molar-refractivity contribution >= 4 is 11.9 Å². The molecular formula is C12H13FO6. The SMILES string of the molecule is COC(=O)c1ccc(C(O)C(O)C(=O)OC)cc1F. The van der Waals surface area contributed by atoms with Gasteiger partial charge in [-0.05, 0) is 17.7 Å². The Hall–Kier alpha value is -1.99. The summed E-state index contributed by atoms with van der Waals surface area (Å²) in [4.78, 5) is 22.2. The van der Waals surface area contributed by atoms with E-state index in [-0.39, 0.29) is 11.1 Å². The summed E-state index contributed by atoms with van der Waals surface area (Å²) in [5.74, 6) is -2.85. The third kappa shape index (κ3) is 3.27. The molecule has 2 atom stereocenters. The predicted molar refractivity (Wildman–Crippen MR) is 60.7 cm³/mol. The van der Waals surface area contributed by atoms with Crippen molar-refractivity contribution in [3.05, 3.63) is 35.1 Å². The molecule has 0 saturated heterocycles. The van der Waals surface area contributed by atoms with E-state index in [9.17, 15) is 24.2 Å². The first-order chi connectivity index (χ1) is 8.92. The third-order valence-electron chi connectivity index (χ3n) is 2.48. The minimum Gasteiger partial charge on any atom is -0.467 e. The molecule has 1 aromatic rings. The minimum atomic E-state index is -1.84. The van der Waals surface area contributed by atoms with Gasteiger partial charge in [0.15, 0.2) is 6.10 Å². The summed E-state index contributed by atoms with van der Waals surface area (Å²) in [5.41, 5.74) is -0.380. The Labute approximate surface area is 108 Å². The van der Waals surface area contributed by atoms with Crippen molar-refractivity contribution in [2.75, 3.05) is 14.2 Å². The molecule has 104 valence electrons. The second kappa shape index (κ2) is 6.26. The van der Waals surface area contributed by atoms with E-state index in [0.717, 1.165) is 26.4 Å². The maximum atomic E-state index is 13.6. The van der Waals surface area contributed by atoms with Crippen molar-refractivity contribution < 1.29 is 33.7 Å². The number of esters is 2. The van der Waals surface area contributed by atoms with E-state index in [4.69, 9.17) is 0 Å². The lowest BCUT2D eigenvalue weighted by Gasteiger charge is -2.16. The lowest BCUT2D eigenvalue weighted by Crippen LogP contribution is -2.29. The molecule has 2 unspecified atom stereocenters. The number of carbonyl (C=O) groups is 2. The molecule has 0 aliphatic rings. The molecule has 0 aromatic heterocycles. The Balaban J connectivity index is 3.01. The highest BCUT2D eigenvalue weighted by molar-refractivity contribution is 5.89. The van der Waals surface area contributed by atoms with E-state index in [0.29, 0.717) is 0 Å². The lowest BCUT2D eigenvalue weighted by molar-refractivity contribution is -0.156. The third-order valence-corrected chi connectivity index (χ3v) is 2.48. The van der Waals surface area contributed by atoms with E-state index in [1.165, 1.54) is 6.07 Å². The Morgan fingerprint density at radius 2 is 1.84 bits per heavy atom. The first-order valence-electron chi connectivity index (χ1n) is 5.24. The van der Waals surface area contributed by atoms with Gasteiger partial charge in [0, 0.05) is 0 Å². The normalized spacial score (nSPS) is 13.5. The minimum absolute atomic E-state index is 0.0666. The zero-order valence-corrected chi connectivity index (χ0v) is 10.3. The molecule has 7 heteroatoms. The summed E-state index contributed by atoms with van der Waals surface area (Å²) < 4.78 is 22.2. The van der Waals surface area contributed by atoms with Crippen molar-refractivity contribution in [1.29, 1.82) is 0 Å². The maximum absolute atomic E-state index is 13.6. The summed E-state index contributed by atoms with van der Waals surface area (Å²) in [6.07, 6.45) is -3.50. The average molecular weight is 272 g/mol. The number of methoxy groups -OCH3 is 2. The highest BCUT2D eigenvalue weighted by atomic mass is 19.1. The van der Waals surface area contributed by atoms with Crippen LogP contribution in [0.1, 0.15) is 22.0 Å². The fourth-order valence-electron chi connectivity index (χ4n) is 1.42. The lowest BCUT2D eigenvalue weighted by atomic mass is 10.0. The standard InChI is InChI=1S/C12H13FO6/c1-18-11(16)7-4-3-6(5-8(7)13)9(14)10(15)12(17)19-2/h3-5,9-10,14-15H,1-2H3. The molecule has 0 amide bonds. The van der Waals surface area contributed by atoms with Gasteiger partial charge in [-0.1, -0.05) is 6.07 Å². The van der Waals surface area contributed by atoms with Crippen LogP contribution >= 0.6 is 0 Å². The molecule has 6 nitrogen and oxygen atoms in total. The fraction of sp³-hybridized carbons (Fsp3) is 0.333. The number of hydrogen-bond acceptors (Lipinski definition) is 6. The van der Waals surface area contributed by atoms with Gasteiger partial charge >= 0.3 is 11.9 Å². The highest BCUT2D eigenvalue weighted by Crippen LogP contribution is 2.21. The van der Waals surface area contributed by atoms with Crippen LogP contribution in [0.2, 0.25) is 0 Å². The number of aliphatic hydroxyl groups excluding tert-OH is 2. The van der Waals surface area contributed by atoms with Gasteiger partial charge in [0.05, 0.1) is 19.8 Å². The summed E-state index contributed by atoms with van der Waals surface area (Å²) in [7, 11) is 2.14. The summed E-state index contributed by atoms with van der Waals surface area (Å²) in [6.45, 7) is 0. The number of carbonyl (C=O) groups excluding carboxylic acids is 2. The van der Waals surface area contributed by atoms with Gasteiger partial charge in [0.25, 0.3) is 0 Å². The van der Waals surface area contributed by atoms with Crippen LogP contribution in [0.15, 0.2) is 18.2 Å². The number of rotatable bonds is 4. The largest absolute Gasteiger partial charge is 0.467 e. The summed E-state index contributed by atoms with van der Waals surface area (Å²) in [5, 5.41) is 19.1. The smallest absolute Gasteiger partial charge is 0.340 e. The molecule has 0 saturated carbocycles. The van der Waals surface area contributed by atoms with Crippen molar-refractivity contribution in [2.24, 2.45) is 0 Å². The predicted octanol–water partition coefficient (Wildman–Crippen LogP) is 0.180. The molecule has 1 aromatic carbocycles. The van der Waals surface area contributed by atoms with Crippen LogP contribution in [0.25, 0.3) is 0 Å². The van der Waals surface area contributed by atoms with Gasteiger partial charge in [-0.2, -0.15) is 0 Å². The molecule has 0 spiro atoms. The first kappa shape index (κ1) is 15.1. The average Bonchev–Trinajstić information content (AvgIpc) is 2.43. The Morgan fingerprint density at radius 1 is 1.21 bits per heavy atom. The number of benzene rings is 1. The molecule has 0 aliphatic carbocycles. The van der Waals surface area contributed by atoms with Crippen LogP contribution in [0.5, 0.6) is 0 Å². The van der Waals surface area contributed by atoms with Crippen LogP contribution < -0.4 is 0 Å². The van der Waals surface area contributed by atoms with Crippen LogP contribution in [-0.4, -0.2) is 42.5 Å². The number of halogens is 1. The maximum Gasteiger partial charge on any atom is 0.340 e. The molecule has 0 fully saturated rings. The van der Waals surface area contributed by atoms with E-state index < -0.39 is 30.0 Å².